The molecule has 0 saturated carbocycles. The van der Waals surface area contributed by atoms with Crippen molar-refractivity contribution in [1.29, 1.82) is 0 Å². The van der Waals surface area contributed by atoms with Crippen molar-refractivity contribution in [2.24, 2.45) is 0 Å². The standard InChI is InChI=1S/C12H9N7S/c13-11-18-19-10(16-17-12(19)20-11)9-6-8(14-15-9)7-4-2-1-3-5-7/h1-6H,(H2,13,18)(H,14,15). The average molecular weight is 283 g/mol. The van der Waals surface area contributed by atoms with Gasteiger partial charge in [0.25, 0.3) is 0 Å². The van der Waals surface area contributed by atoms with Crippen LogP contribution in [0.4, 0.5) is 5.13 Å². The first-order valence-electron chi connectivity index (χ1n) is 5.90. The van der Waals surface area contributed by atoms with E-state index in [1.165, 1.54) is 11.3 Å². The highest BCUT2D eigenvalue weighted by Gasteiger charge is 2.14. The van der Waals surface area contributed by atoms with E-state index in [2.05, 4.69) is 25.5 Å². The number of benzene rings is 1. The summed E-state index contributed by atoms with van der Waals surface area (Å²) in [6, 6.07) is 11.8. The molecule has 0 unspecified atom stereocenters. The van der Waals surface area contributed by atoms with Crippen LogP contribution in [-0.2, 0) is 0 Å². The Balaban J connectivity index is 1.82. The van der Waals surface area contributed by atoms with E-state index < -0.39 is 0 Å². The van der Waals surface area contributed by atoms with Crippen LogP contribution in [0.15, 0.2) is 36.4 Å². The molecule has 0 aliphatic heterocycles. The lowest BCUT2D eigenvalue weighted by Gasteiger charge is -1.92. The molecular weight excluding hydrogens is 274 g/mol. The molecule has 0 aliphatic carbocycles. The molecule has 8 heteroatoms. The van der Waals surface area contributed by atoms with Crippen LogP contribution in [0.3, 0.4) is 0 Å². The number of anilines is 1. The lowest BCUT2D eigenvalue weighted by molar-refractivity contribution is 0.956. The van der Waals surface area contributed by atoms with Crippen LogP contribution in [0, 0.1) is 0 Å². The first kappa shape index (κ1) is 11.1. The third kappa shape index (κ3) is 1.66. The van der Waals surface area contributed by atoms with Gasteiger partial charge in [0.1, 0.15) is 5.69 Å². The molecule has 3 heterocycles. The molecule has 0 aliphatic rings. The van der Waals surface area contributed by atoms with Crippen molar-refractivity contribution in [3.63, 3.8) is 0 Å². The highest BCUT2D eigenvalue weighted by molar-refractivity contribution is 7.20. The predicted molar refractivity (Wildman–Crippen MR) is 76.1 cm³/mol. The Morgan fingerprint density at radius 3 is 2.85 bits per heavy atom. The van der Waals surface area contributed by atoms with Gasteiger partial charge in [0, 0.05) is 5.56 Å². The summed E-state index contributed by atoms with van der Waals surface area (Å²) < 4.78 is 1.61. The molecule has 4 aromatic rings. The van der Waals surface area contributed by atoms with E-state index in [0.717, 1.165) is 17.0 Å². The molecule has 4 rings (SSSR count). The number of aromatic amines is 1. The number of nitrogen functional groups attached to an aromatic ring is 1. The second kappa shape index (κ2) is 4.14. The first-order valence-corrected chi connectivity index (χ1v) is 6.72. The summed E-state index contributed by atoms with van der Waals surface area (Å²) in [6.45, 7) is 0. The molecule has 0 atom stereocenters. The lowest BCUT2D eigenvalue weighted by Crippen LogP contribution is -1.92. The fourth-order valence-corrected chi connectivity index (χ4v) is 2.60. The highest BCUT2D eigenvalue weighted by atomic mass is 32.1. The van der Waals surface area contributed by atoms with E-state index in [-0.39, 0.29) is 0 Å². The topological polar surface area (TPSA) is 97.8 Å². The Bertz CT molecular complexity index is 874. The van der Waals surface area contributed by atoms with Crippen molar-refractivity contribution in [3.05, 3.63) is 36.4 Å². The van der Waals surface area contributed by atoms with Crippen LogP contribution in [0.1, 0.15) is 0 Å². The second-order valence-electron chi connectivity index (χ2n) is 4.19. The third-order valence-corrected chi connectivity index (χ3v) is 3.62. The average Bonchev–Trinajstić information content (AvgIpc) is 3.14. The zero-order valence-corrected chi connectivity index (χ0v) is 11.0. The Labute approximate surface area is 117 Å². The Morgan fingerprint density at radius 1 is 1.15 bits per heavy atom. The minimum atomic E-state index is 0.457. The van der Waals surface area contributed by atoms with Crippen LogP contribution in [0.5, 0.6) is 0 Å². The van der Waals surface area contributed by atoms with Crippen molar-refractivity contribution in [3.8, 4) is 22.8 Å². The third-order valence-electron chi connectivity index (χ3n) is 2.89. The number of hydrogen-bond acceptors (Lipinski definition) is 6. The van der Waals surface area contributed by atoms with Crippen LogP contribution in [0.25, 0.3) is 27.7 Å². The number of aromatic nitrogens is 6. The first-order chi connectivity index (χ1) is 9.81. The number of nitrogens with two attached hydrogens (primary N) is 1. The summed E-state index contributed by atoms with van der Waals surface area (Å²) in [7, 11) is 0. The van der Waals surface area contributed by atoms with Crippen molar-refractivity contribution < 1.29 is 0 Å². The number of rotatable bonds is 2. The maximum absolute atomic E-state index is 5.67. The number of H-pyrrole nitrogens is 1. The lowest BCUT2D eigenvalue weighted by atomic mass is 10.1. The number of nitrogens with one attached hydrogen (secondary N) is 1. The molecule has 7 nitrogen and oxygen atoms in total. The van der Waals surface area contributed by atoms with Crippen molar-refractivity contribution in [2.45, 2.75) is 0 Å². The van der Waals surface area contributed by atoms with Gasteiger partial charge in [-0.25, -0.2) is 0 Å². The molecule has 3 N–H and O–H groups in total. The van der Waals surface area contributed by atoms with Gasteiger partial charge in [0.15, 0.2) is 0 Å². The van der Waals surface area contributed by atoms with Crippen LogP contribution >= 0.6 is 11.3 Å². The van der Waals surface area contributed by atoms with Gasteiger partial charge in [-0.1, -0.05) is 41.7 Å². The van der Waals surface area contributed by atoms with Gasteiger partial charge >= 0.3 is 0 Å². The van der Waals surface area contributed by atoms with E-state index in [9.17, 15) is 0 Å². The summed E-state index contributed by atoms with van der Waals surface area (Å²) in [5, 5.41) is 20.0. The van der Waals surface area contributed by atoms with E-state index in [1.807, 2.05) is 36.4 Å². The minimum absolute atomic E-state index is 0.457. The summed E-state index contributed by atoms with van der Waals surface area (Å²) in [5.41, 5.74) is 8.31. The van der Waals surface area contributed by atoms with Gasteiger partial charge in [-0.2, -0.15) is 9.61 Å². The largest absolute Gasteiger partial charge is 0.374 e. The number of hydrogen-bond donors (Lipinski definition) is 2. The monoisotopic (exact) mass is 283 g/mol. The summed E-state index contributed by atoms with van der Waals surface area (Å²) in [5.74, 6) is 0.600. The molecule has 0 bridgehead atoms. The van der Waals surface area contributed by atoms with Gasteiger partial charge < -0.3 is 5.73 Å². The smallest absolute Gasteiger partial charge is 0.236 e. The van der Waals surface area contributed by atoms with Crippen LogP contribution < -0.4 is 5.73 Å². The minimum Gasteiger partial charge on any atom is -0.374 e. The Kier molecular flexibility index (Phi) is 2.30. The molecule has 3 aromatic heterocycles. The molecule has 1 aromatic carbocycles. The maximum Gasteiger partial charge on any atom is 0.236 e. The normalized spacial score (nSPS) is 11.2. The van der Waals surface area contributed by atoms with Gasteiger partial charge in [0.05, 0.1) is 5.69 Å². The summed E-state index contributed by atoms with van der Waals surface area (Å²) in [6.07, 6.45) is 0. The van der Waals surface area contributed by atoms with Gasteiger partial charge in [-0.3, -0.25) is 5.10 Å². The maximum atomic E-state index is 5.67. The Hall–Kier alpha value is -2.74. The zero-order valence-electron chi connectivity index (χ0n) is 10.2. The van der Waals surface area contributed by atoms with E-state index >= 15 is 0 Å². The van der Waals surface area contributed by atoms with Gasteiger partial charge in [-0.05, 0) is 6.07 Å². The molecule has 98 valence electrons. The zero-order chi connectivity index (χ0) is 13.5. The summed E-state index contributed by atoms with van der Waals surface area (Å²) in [4.78, 5) is 0.661. The number of fused-ring (bicyclic) bond motifs is 1. The molecular formula is C12H9N7S. The second-order valence-corrected chi connectivity index (χ2v) is 5.18. The SMILES string of the molecule is Nc1nn2c(-c3cc(-c4ccccc4)n[nH]3)nnc2s1. The van der Waals surface area contributed by atoms with E-state index in [1.54, 1.807) is 4.52 Å². The molecule has 0 spiro atoms. The van der Waals surface area contributed by atoms with E-state index in [0.29, 0.717) is 15.9 Å². The van der Waals surface area contributed by atoms with Crippen LogP contribution in [-0.4, -0.2) is 30.0 Å². The molecule has 20 heavy (non-hydrogen) atoms. The molecule has 0 fully saturated rings. The fourth-order valence-electron chi connectivity index (χ4n) is 1.99. The van der Waals surface area contributed by atoms with Crippen molar-refractivity contribution in [2.75, 3.05) is 5.73 Å². The molecule has 0 saturated heterocycles. The molecule has 0 amide bonds. The van der Waals surface area contributed by atoms with Crippen molar-refractivity contribution >= 4 is 21.4 Å². The van der Waals surface area contributed by atoms with Crippen LogP contribution in [0.2, 0.25) is 0 Å². The van der Waals surface area contributed by atoms with Gasteiger partial charge in [0.2, 0.25) is 15.9 Å². The van der Waals surface area contributed by atoms with Gasteiger partial charge in [-0.15, -0.1) is 15.3 Å². The highest BCUT2D eigenvalue weighted by Crippen LogP contribution is 2.24. The fraction of sp³-hybridized carbons (Fsp3) is 0. The predicted octanol–water partition coefficient (Wildman–Crippen LogP) is 1.83. The quantitative estimate of drug-likeness (QED) is 0.585. The van der Waals surface area contributed by atoms with Crippen molar-refractivity contribution in [1.82, 2.24) is 30.0 Å². The number of nitrogens with zero attached hydrogens (tertiary/aromatic N) is 5. The van der Waals surface area contributed by atoms with E-state index in [4.69, 9.17) is 5.73 Å². The summed E-state index contributed by atoms with van der Waals surface area (Å²) >= 11 is 1.29. The Morgan fingerprint density at radius 2 is 2.00 bits per heavy atom. The molecule has 0 radical (unpaired) electrons.